The summed E-state index contributed by atoms with van der Waals surface area (Å²) in [6.07, 6.45) is 0. The molecule has 1 aromatic rings. The van der Waals surface area contributed by atoms with Gasteiger partial charge in [0.25, 0.3) is 0 Å². The molecule has 0 bridgehead atoms. The Labute approximate surface area is 120 Å². The van der Waals surface area contributed by atoms with Gasteiger partial charge in [-0.3, -0.25) is 0 Å². The van der Waals surface area contributed by atoms with Crippen LogP contribution in [0, 0.1) is 0 Å². The topological polar surface area (TPSA) is 15.3 Å². The van der Waals surface area contributed by atoms with E-state index in [-0.39, 0.29) is 5.54 Å². The lowest BCUT2D eigenvalue weighted by atomic mass is 10.1. The fraction of sp³-hybridized carbons (Fsp3) is 0.600. The molecule has 0 spiro atoms. The second-order valence-electron chi connectivity index (χ2n) is 6.08. The van der Waals surface area contributed by atoms with Crippen molar-refractivity contribution in [1.82, 2.24) is 5.32 Å². The monoisotopic (exact) mass is 312 g/mol. The van der Waals surface area contributed by atoms with Crippen LogP contribution in [0.5, 0.6) is 0 Å². The zero-order valence-corrected chi connectivity index (χ0v) is 13.9. The van der Waals surface area contributed by atoms with Gasteiger partial charge in [0.05, 0.1) is 0 Å². The number of nitrogens with one attached hydrogen (secondary N) is 1. The molecule has 0 unspecified atom stereocenters. The number of benzene rings is 1. The van der Waals surface area contributed by atoms with Crippen LogP contribution in [0.15, 0.2) is 22.7 Å². The van der Waals surface area contributed by atoms with E-state index in [1.165, 1.54) is 15.7 Å². The second-order valence-corrected chi connectivity index (χ2v) is 6.94. The molecule has 102 valence electrons. The Hall–Kier alpha value is -0.540. The van der Waals surface area contributed by atoms with Gasteiger partial charge in [-0.25, -0.2) is 0 Å². The van der Waals surface area contributed by atoms with Crippen LogP contribution in [-0.2, 0) is 6.54 Å². The summed E-state index contributed by atoms with van der Waals surface area (Å²) in [7, 11) is 2.12. The number of rotatable bonds is 4. The molecule has 0 aliphatic carbocycles. The minimum atomic E-state index is 0.146. The van der Waals surface area contributed by atoms with E-state index in [9.17, 15) is 0 Å². The summed E-state index contributed by atoms with van der Waals surface area (Å²) in [6.45, 7) is 11.8. The molecule has 1 aromatic carbocycles. The van der Waals surface area contributed by atoms with Crippen molar-refractivity contribution in [3.63, 3.8) is 0 Å². The van der Waals surface area contributed by atoms with E-state index in [0.717, 1.165) is 6.54 Å². The van der Waals surface area contributed by atoms with Crippen molar-refractivity contribution in [1.29, 1.82) is 0 Å². The van der Waals surface area contributed by atoms with Crippen LogP contribution in [0.2, 0.25) is 0 Å². The van der Waals surface area contributed by atoms with E-state index >= 15 is 0 Å². The molecule has 0 radical (unpaired) electrons. The molecule has 0 saturated heterocycles. The number of nitrogens with zero attached hydrogens (tertiary/aromatic N) is 1. The fourth-order valence-electron chi connectivity index (χ4n) is 1.56. The van der Waals surface area contributed by atoms with E-state index in [1.54, 1.807) is 0 Å². The average Bonchev–Trinajstić information content (AvgIpc) is 2.25. The highest BCUT2D eigenvalue weighted by Gasteiger charge is 2.11. The van der Waals surface area contributed by atoms with Crippen LogP contribution in [-0.4, -0.2) is 18.6 Å². The molecule has 3 heteroatoms. The van der Waals surface area contributed by atoms with Gasteiger partial charge in [-0.15, -0.1) is 0 Å². The molecule has 0 aromatic heterocycles. The number of hydrogen-bond donors (Lipinski definition) is 1. The van der Waals surface area contributed by atoms with Crippen molar-refractivity contribution >= 4 is 21.6 Å². The van der Waals surface area contributed by atoms with Gasteiger partial charge in [0, 0.05) is 35.3 Å². The first kappa shape index (κ1) is 15.5. The van der Waals surface area contributed by atoms with E-state index in [0.29, 0.717) is 6.04 Å². The predicted molar refractivity (Wildman–Crippen MR) is 84.3 cm³/mol. The maximum Gasteiger partial charge on any atom is 0.0377 e. The number of anilines is 1. The number of halogens is 1. The molecule has 1 rings (SSSR count). The van der Waals surface area contributed by atoms with Crippen molar-refractivity contribution in [3.05, 3.63) is 28.2 Å². The smallest absolute Gasteiger partial charge is 0.0377 e. The summed E-state index contributed by atoms with van der Waals surface area (Å²) in [4.78, 5) is 2.27. The zero-order chi connectivity index (χ0) is 13.9. The summed E-state index contributed by atoms with van der Waals surface area (Å²) in [5, 5.41) is 3.51. The summed E-state index contributed by atoms with van der Waals surface area (Å²) in [6, 6.07) is 7.08. The quantitative estimate of drug-likeness (QED) is 0.897. The molecule has 2 nitrogen and oxygen atoms in total. The van der Waals surface area contributed by atoms with Gasteiger partial charge in [-0.1, -0.05) is 22.0 Å². The van der Waals surface area contributed by atoms with Crippen LogP contribution in [0.3, 0.4) is 0 Å². The molecule has 0 amide bonds. The largest absolute Gasteiger partial charge is 0.372 e. The maximum atomic E-state index is 3.67. The van der Waals surface area contributed by atoms with Crippen LogP contribution in [0.25, 0.3) is 0 Å². The normalized spacial score (nSPS) is 12.0. The third-order valence-corrected chi connectivity index (χ3v) is 3.77. The average molecular weight is 313 g/mol. The van der Waals surface area contributed by atoms with Crippen LogP contribution in [0.4, 0.5) is 5.69 Å². The minimum Gasteiger partial charge on any atom is -0.372 e. The van der Waals surface area contributed by atoms with Gasteiger partial charge in [-0.05, 0) is 52.3 Å². The second kappa shape index (κ2) is 6.07. The highest BCUT2D eigenvalue weighted by atomic mass is 79.9. The molecular weight excluding hydrogens is 288 g/mol. The third kappa shape index (κ3) is 4.62. The van der Waals surface area contributed by atoms with Crippen LogP contribution in [0.1, 0.15) is 40.2 Å². The van der Waals surface area contributed by atoms with Gasteiger partial charge in [0.1, 0.15) is 0 Å². The van der Waals surface area contributed by atoms with E-state index in [2.05, 4.69) is 86.0 Å². The molecule has 0 heterocycles. The van der Waals surface area contributed by atoms with Crippen LogP contribution < -0.4 is 10.2 Å². The van der Waals surface area contributed by atoms with Crippen LogP contribution >= 0.6 is 15.9 Å². The lowest BCUT2D eigenvalue weighted by Crippen LogP contribution is -2.35. The summed E-state index contributed by atoms with van der Waals surface area (Å²) >= 11 is 3.67. The van der Waals surface area contributed by atoms with Gasteiger partial charge >= 0.3 is 0 Å². The highest BCUT2D eigenvalue weighted by Crippen LogP contribution is 2.25. The molecule has 0 atom stereocenters. The molecule has 0 saturated carbocycles. The van der Waals surface area contributed by atoms with Crippen molar-refractivity contribution in [2.24, 2.45) is 0 Å². The minimum absolute atomic E-state index is 0.146. The first-order valence-electron chi connectivity index (χ1n) is 6.47. The Morgan fingerprint density at radius 3 is 2.33 bits per heavy atom. The summed E-state index contributed by atoms with van der Waals surface area (Å²) in [5.74, 6) is 0. The number of hydrogen-bond acceptors (Lipinski definition) is 2. The lowest BCUT2D eigenvalue weighted by Gasteiger charge is -2.25. The first-order chi connectivity index (χ1) is 8.20. The molecule has 0 aliphatic heterocycles. The van der Waals surface area contributed by atoms with Gasteiger partial charge < -0.3 is 10.2 Å². The Balaban J connectivity index is 2.80. The van der Waals surface area contributed by atoms with Crippen molar-refractivity contribution in [2.75, 3.05) is 11.9 Å². The highest BCUT2D eigenvalue weighted by molar-refractivity contribution is 9.10. The Bertz CT molecular complexity index is 394. The lowest BCUT2D eigenvalue weighted by molar-refractivity contribution is 0.424. The first-order valence-corrected chi connectivity index (χ1v) is 7.26. The molecule has 0 fully saturated rings. The van der Waals surface area contributed by atoms with Gasteiger partial charge in [0.15, 0.2) is 0 Å². The van der Waals surface area contributed by atoms with Gasteiger partial charge in [-0.2, -0.15) is 0 Å². The fourth-order valence-corrected chi connectivity index (χ4v) is 2.06. The molecule has 0 aliphatic rings. The third-order valence-electron chi connectivity index (χ3n) is 3.03. The molecular formula is C15H25BrN2. The summed E-state index contributed by atoms with van der Waals surface area (Å²) < 4.78 is 1.17. The van der Waals surface area contributed by atoms with E-state index < -0.39 is 0 Å². The Morgan fingerprint density at radius 1 is 1.28 bits per heavy atom. The van der Waals surface area contributed by atoms with E-state index in [1.807, 2.05) is 0 Å². The molecule has 18 heavy (non-hydrogen) atoms. The Morgan fingerprint density at radius 2 is 1.89 bits per heavy atom. The maximum absolute atomic E-state index is 3.67. The van der Waals surface area contributed by atoms with Crippen molar-refractivity contribution in [3.8, 4) is 0 Å². The molecule has 1 N–H and O–H groups in total. The van der Waals surface area contributed by atoms with Crippen molar-refractivity contribution < 1.29 is 0 Å². The van der Waals surface area contributed by atoms with Gasteiger partial charge in [0.2, 0.25) is 0 Å². The standard InChI is InChI=1S/C15H25BrN2/c1-11(2)18(6)13-8-7-12(14(16)9-13)10-17-15(3,4)5/h7-9,11,17H,10H2,1-6H3. The SMILES string of the molecule is CC(C)N(C)c1ccc(CNC(C)(C)C)c(Br)c1. The summed E-state index contributed by atoms with van der Waals surface area (Å²) in [5.41, 5.74) is 2.69. The van der Waals surface area contributed by atoms with E-state index in [4.69, 9.17) is 0 Å². The zero-order valence-electron chi connectivity index (χ0n) is 12.3. The van der Waals surface area contributed by atoms with Crippen molar-refractivity contribution in [2.45, 2.75) is 52.7 Å². The predicted octanol–water partition coefficient (Wildman–Crippen LogP) is 4.18. The Kier molecular flexibility index (Phi) is 5.23.